The summed E-state index contributed by atoms with van der Waals surface area (Å²) in [4.78, 5) is 32.8. The van der Waals surface area contributed by atoms with Crippen LogP contribution in [0.25, 0.3) is 0 Å². The van der Waals surface area contributed by atoms with Gasteiger partial charge in [-0.25, -0.2) is 4.98 Å². The smallest absolute Gasteiger partial charge is 0.276 e. The van der Waals surface area contributed by atoms with Gasteiger partial charge in [0.25, 0.3) is 5.91 Å². The largest absolute Gasteiger partial charge is 0.377 e. The molecule has 1 fully saturated rings. The van der Waals surface area contributed by atoms with E-state index in [1.807, 2.05) is 0 Å². The lowest BCUT2D eigenvalue weighted by atomic mass is 10.3. The molecule has 1 unspecified atom stereocenters. The minimum absolute atomic E-state index is 0.107. The van der Waals surface area contributed by atoms with Crippen LogP contribution in [0.2, 0.25) is 0 Å². The number of amides is 2. The van der Waals surface area contributed by atoms with Crippen LogP contribution >= 0.6 is 0 Å². The molecule has 2 amide bonds. The number of likely N-dealkylation sites (N-methyl/N-ethyl adjacent to an activating group) is 1. The van der Waals surface area contributed by atoms with Crippen molar-refractivity contribution in [1.82, 2.24) is 14.5 Å². The Morgan fingerprint density at radius 2 is 1.48 bits per heavy atom. The summed E-state index contributed by atoms with van der Waals surface area (Å²) in [6.45, 7) is 3.16. The van der Waals surface area contributed by atoms with Crippen LogP contribution in [0.1, 0.15) is 10.5 Å². The van der Waals surface area contributed by atoms with E-state index < -0.39 is 6.23 Å². The number of carbonyl (C=O) groups is 2. The lowest BCUT2D eigenvalue weighted by molar-refractivity contribution is -0.128. The van der Waals surface area contributed by atoms with E-state index in [9.17, 15) is 9.59 Å². The molecule has 11 heteroatoms. The Hall–Kier alpha value is -2.05. The lowest BCUT2D eigenvalue weighted by Crippen LogP contribution is -2.48. The van der Waals surface area contributed by atoms with Gasteiger partial charge in [0.1, 0.15) is 6.54 Å². The first-order valence-electron chi connectivity index (χ1n) is 9.61. The molecule has 0 aliphatic carbocycles. The zero-order valence-electron chi connectivity index (χ0n) is 16.9. The van der Waals surface area contributed by atoms with Gasteiger partial charge in [-0.15, -0.1) is 0 Å². The molecule has 11 nitrogen and oxygen atoms in total. The maximum Gasteiger partial charge on any atom is 0.276 e. The maximum atomic E-state index is 13.2. The highest BCUT2D eigenvalue weighted by Crippen LogP contribution is 2.24. The van der Waals surface area contributed by atoms with E-state index in [4.69, 9.17) is 23.7 Å². The molecule has 2 aliphatic rings. The first kappa shape index (κ1) is 21.7. The van der Waals surface area contributed by atoms with Crippen LogP contribution in [-0.4, -0.2) is 106 Å². The van der Waals surface area contributed by atoms with Crippen LogP contribution in [-0.2, 0) is 35.5 Å². The van der Waals surface area contributed by atoms with Gasteiger partial charge in [-0.2, -0.15) is 0 Å². The van der Waals surface area contributed by atoms with Gasteiger partial charge in [-0.3, -0.25) is 19.4 Å². The standard InChI is InChI=1S/C18H28N4O7/c1-20-13-19-17-16(20)18(24)22(11-14(23)21(17)2)15-12-28-8-7-26-4-3-25-5-6-27-9-10-29-15/h13,15H,3-12H2,1-2H3. The molecular formula is C18H28N4O7. The van der Waals surface area contributed by atoms with Crippen molar-refractivity contribution in [3.63, 3.8) is 0 Å². The molecule has 0 saturated carbocycles. The molecule has 2 aliphatic heterocycles. The van der Waals surface area contributed by atoms with Gasteiger partial charge >= 0.3 is 0 Å². The van der Waals surface area contributed by atoms with E-state index in [-0.39, 0.29) is 31.6 Å². The van der Waals surface area contributed by atoms with Crippen LogP contribution < -0.4 is 4.90 Å². The van der Waals surface area contributed by atoms with Crippen molar-refractivity contribution in [3.05, 3.63) is 12.0 Å². The van der Waals surface area contributed by atoms with E-state index in [0.29, 0.717) is 57.8 Å². The van der Waals surface area contributed by atoms with Crippen LogP contribution in [0.15, 0.2) is 6.33 Å². The quantitative estimate of drug-likeness (QED) is 0.594. The summed E-state index contributed by atoms with van der Waals surface area (Å²) < 4.78 is 29.4. The molecule has 1 saturated heterocycles. The fourth-order valence-corrected chi connectivity index (χ4v) is 3.04. The van der Waals surface area contributed by atoms with Crippen molar-refractivity contribution in [3.8, 4) is 0 Å². The van der Waals surface area contributed by atoms with Crippen molar-refractivity contribution in [2.75, 3.05) is 78.0 Å². The molecule has 3 heterocycles. The van der Waals surface area contributed by atoms with Crippen molar-refractivity contribution < 1.29 is 33.3 Å². The predicted octanol–water partition coefficient (Wildman–Crippen LogP) is -0.739. The Morgan fingerprint density at radius 3 is 2.14 bits per heavy atom. The first-order chi connectivity index (χ1) is 14.1. The average Bonchev–Trinajstić information content (AvgIpc) is 3.05. The summed E-state index contributed by atoms with van der Waals surface area (Å²) in [7, 11) is 3.32. The van der Waals surface area contributed by atoms with E-state index in [1.54, 1.807) is 18.7 Å². The molecule has 1 aromatic rings. The van der Waals surface area contributed by atoms with Crippen LogP contribution in [0.5, 0.6) is 0 Å². The number of fused-ring (bicyclic) bond motifs is 1. The number of aromatic nitrogens is 2. The highest BCUT2D eigenvalue weighted by atomic mass is 16.6. The summed E-state index contributed by atoms with van der Waals surface area (Å²) in [6, 6.07) is 0. The number of rotatable bonds is 1. The van der Waals surface area contributed by atoms with Crippen molar-refractivity contribution in [2.24, 2.45) is 7.05 Å². The number of hydrogen-bond acceptors (Lipinski definition) is 8. The maximum absolute atomic E-state index is 13.2. The topological polar surface area (TPSA) is 105 Å². The number of carbonyl (C=O) groups excluding carboxylic acids is 2. The van der Waals surface area contributed by atoms with Gasteiger partial charge < -0.3 is 28.3 Å². The minimum Gasteiger partial charge on any atom is -0.377 e. The second-order valence-electron chi connectivity index (χ2n) is 6.65. The lowest BCUT2D eigenvalue weighted by Gasteiger charge is -2.30. The Kier molecular flexibility index (Phi) is 7.95. The third kappa shape index (κ3) is 5.52. The van der Waals surface area contributed by atoms with Gasteiger partial charge in [0, 0.05) is 14.1 Å². The Morgan fingerprint density at radius 1 is 0.897 bits per heavy atom. The van der Waals surface area contributed by atoms with Gasteiger partial charge in [-0.1, -0.05) is 0 Å². The molecule has 3 rings (SSSR count). The fraction of sp³-hybridized carbons (Fsp3) is 0.722. The summed E-state index contributed by atoms with van der Waals surface area (Å²) >= 11 is 0. The van der Waals surface area contributed by atoms with E-state index >= 15 is 0 Å². The summed E-state index contributed by atoms with van der Waals surface area (Å²) in [5.74, 6) is -0.262. The van der Waals surface area contributed by atoms with E-state index in [0.717, 1.165) is 0 Å². The number of anilines is 1. The highest BCUT2D eigenvalue weighted by molar-refractivity contribution is 6.07. The number of imidazole rings is 1. The normalized spacial score (nSPS) is 23.9. The summed E-state index contributed by atoms with van der Waals surface area (Å²) in [5.41, 5.74) is 0.328. The van der Waals surface area contributed by atoms with Gasteiger partial charge in [-0.05, 0) is 0 Å². The van der Waals surface area contributed by atoms with Gasteiger partial charge in [0.2, 0.25) is 5.91 Å². The average molecular weight is 412 g/mol. The molecule has 0 spiro atoms. The number of hydrogen-bond donors (Lipinski definition) is 0. The monoisotopic (exact) mass is 412 g/mol. The van der Waals surface area contributed by atoms with Crippen molar-refractivity contribution in [2.45, 2.75) is 6.23 Å². The molecule has 1 atom stereocenters. The van der Waals surface area contributed by atoms with Crippen molar-refractivity contribution in [1.29, 1.82) is 0 Å². The molecule has 1 aromatic heterocycles. The van der Waals surface area contributed by atoms with Gasteiger partial charge in [0.05, 0.1) is 65.8 Å². The minimum atomic E-state index is -0.745. The second kappa shape index (κ2) is 10.6. The zero-order valence-corrected chi connectivity index (χ0v) is 16.9. The van der Waals surface area contributed by atoms with E-state index in [2.05, 4.69) is 4.98 Å². The fourth-order valence-electron chi connectivity index (χ4n) is 3.04. The number of aryl methyl sites for hydroxylation is 1. The number of nitrogens with zero attached hydrogens (tertiary/aromatic N) is 4. The first-order valence-corrected chi connectivity index (χ1v) is 9.61. The molecule has 0 aromatic carbocycles. The third-order valence-electron chi connectivity index (χ3n) is 4.64. The molecule has 0 N–H and O–H groups in total. The Balaban J connectivity index is 1.73. The molecule has 162 valence electrons. The molecule has 29 heavy (non-hydrogen) atoms. The number of ether oxygens (including phenoxy) is 5. The van der Waals surface area contributed by atoms with Crippen LogP contribution in [0, 0.1) is 0 Å². The SMILES string of the molecule is CN1C(=O)CN(C2COCCOCCOCCOCCO2)C(=O)c2c1ncn2C. The summed E-state index contributed by atoms with van der Waals surface area (Å²) in [5, 5.41) is 0. The molecule has 0 radical (unpaired) electrons. The Bertz CT molecular complexity index is 680. The highest BCUT2D eigenvalue weighted by Gasteiger charge is 2.37. The predicted molar refractivity (Wildman–Crippen MR) is 101 cm³/mol. The van der Waals surface area contributed by atoms with Crippen molar-refractivity contribution >= 4 is 17.6 Å². The Labute approximate surface area is 169 Å². The third-order valence-corrected chi connectivity index (χ3v) is 4.64. The second-order valence-corrected chi connectivity index (χ2v) is 6.65. The zero-order chi connectivity index (χ0) is 20.6. The van der Waals surface area contributed by atoms with Crippen LogP contribution in [0.3, 0.4) is 0 Å². The summed E-state index contributed by atoms with van der Waals surface area (Å²) in [6.07, 6.45) is 0.766. The molecule has 0 bridgehead atoms. The molecular weight excluding hydrogens is 384 g/mol. The van der Waals surface area contributed by atoms with Gasteiger partial charge in [0.15, 0.2) is 17.7 Å². The van der Waals surface area contributed by atoms with E-state index in [1.165, 1.54) is 16.1 Å². The van der Waals surface area contributed by atoms with Crippen LogP contribution in [0.4, 0.5) is 5.82 Å².